The third-order valence-corrected chi connectivity index (χ3v) is 4.11. The average Bonchev–Trinajstić information content (AvgIpc) is 2.47. The van der Waals surface area contributed by atoms with Crippen LogP contribution < -0.4 is 5.32 Å². The van der Waals surface area contributed by atoms with Crippen LogP contribution in [0, 0.1) is 0 Å². The molecule has 1 unspecified atom stereocenters. The second-order valence-electron chi connectivity index (χ2n) is 4.28. The van der Waals surface area contributed by atoms with E-state index in [1.54, 1.807) is 24.9 Å². The highest BCUT2D eigenvalue weighted by Crippen LogP contribution is 2.24. The zero-order valence-electron chi connectivity index (χ0n) is 11.0. The normalized spacial score (nSPS) is 11.9. The number of rotatable bonds is 5. The number of amides is 1. The second-order valence-corrected chi connectivity index (χ2v) is 6.70. The molecule has 1 heterocycles. The van der Waals surface area contributed by atoms with Crippen LogP contribution in [0.15, 0.2) is 53.7 Å². The number of thioether (sulfide) groups is 1. The largest absolute Gasteiger partial charge is 0.325 e. The summed E-state index contributed by atoms with van der Waals surface area (Å²) in [6.45, 7) is 1.80. The van der Waals surface area contributed by atoms with E-state index in [0.29, 0.717) is 0 Å². The molecule has 0 bridgehead atoms. The van der Waals surface area contributed by atoms with Gasteiger partial charge in [-0.05, 0) is 42.8 Å². The summed E-state index contributed by atoms with van der Waals surface area (Å²) in [4.78, 5) is 16.6. The quantitative estimate of drug-likeness (QED) is 0.652. The highest BCUT2D eigenvalue weighted by molar-refractivity contribution is 9.10. The molecule has 0 radical (unpaired) electrons. The Hall–Kier alpha value is -1.33. The van der Waals surface area contributed by atoms with E-state index >= 15 is 0 Å². The smallest absolute Gasteiger partial charge is 0.237 e. The van der Waals surface area contributed by atoms with Crippen molar-refractivity contribution in [1.29, 1.82) is 0 Å². The minimum atomic E-state index is -0.192. The Labute approximate surface area is 131 Å². The van der Waals surface area contributed by atoms with Gasteiger partial charge < -0.3 is 5.32 Å². The molecule has 0 saturated heterocycles. The molecule has 3 nitrogen and oxygen atoms in total. The molecule has 0 saturated carbocycles. The standard InChI is InChI=1S/C15H15BrN2OS/c1-11(16)15(19)18-13-4-6-14(7-5-13)20-10-12-3-2-8-17-9-12/h2-9,11H,10H2,1H3,(H,18,19). The van der Waals surface area contributed by atoms with Gasteiger partial charge in [0.1, 0.15) is 0 Å². The molecule has 104 valence electrons. The van der Waals surface area contributed by atoms with Gasteiger partial charge in [-0.1, -0.05) is 22.0 Å². The molecule has 1 amide bonds. The third kappa shape index (κ3) is 4.65. The maximum atomic E-state index is 11.5. The summed E-state index contributed by atoms with van der Waals surface area (Å²) in [5.74, 6) is 0.846. The van der Waals surface area contributed by atoms with Gasteiger partial charge in [0, 0.05) is 28.7 Å². The molecule has 5 heteroatoms. The summed E-state index contributed by atoms with van der Waals surface area (Å²) in [6, 6.07) is 11.9. The lowest BCUT2D eigenvalue weighted by molar-refractivity contribution is -0.115. The van der Waals surface area contributed by atoms with Crippen LogP contribution in [0.5, 0.6) is 0 Å². The number of hydrogen-bond donors (Lipinski definition) is 1. The second kappa shape index (κ2) is 7.45. The maximum Gasteiger partial charge on any atom is 0.237 e. The van der Waals surface area contributed by atoms with Crippen molar-refractivity contribution < 1.29 is 4.79 Å². The first kappa shape index (κ1) is 15.1. The Morgan fingerprint density at radius 3 is 2.70 bits per heavy atom. The van der Waals surface area contributed by atoms with E-state index in [-0.39, 0.29) is 10.7 Å². The summed E-state index contributed by atoms with van der Waals surface area (Å²) in [5.41, 5.74) is 2.01. The van der Waals surface area contributed by atoms with Crippen LogP contribution in [0.3, 0.4) is 0 Å². The first-order chi connectivity index (χ1) is 9.65. The lowest BCUT2D eigenvalue weighted by Crippen LogP contribution is -2.19. The van der Waals surface area contributed by atoms with Crippen LogP contribution in [0.25, 0.3) is 0 Å². The molecule has 0 aliphatic heterocycles. The van der Waals surface area contributed by atoms with Crippen LogP contribution in [0.2, 0.25) is 0 Å². The van der Waals surface area contributed by atoms with E-state index in [1.807, 2.05) is 36.5 Å². The number of anilines is 1. The predicted octanol–water partition coefficient (Wildman–Crippen LogP) is 4.10. The molecule has 2 aromatic rings. The van der Waals surface area contributed by atoms with Gasteiger partial charge in [-0.25, -0.2) is 0 Å². The molecule has 1 aromatic heterocycles. The number of nitrogens with one attached hydrogen (secondary N) is 1. The highest BCUT2D eigenvalue weighted by atomic mass is 79.9. The highest BCUT2D eigenvalue weighted by Gasteiger charge is 2.08. The van der Waals surface area contributed by atoms with Gasteiger partial charge >= 0.3 is 0 Å². The van der Waals surface area contributed by atoms with Gasteiger partial charge in [0.2, 0.25) is 5.91 Å². The summed E-state index contributed by atoms with van der Waals surface area (Å²) >= 11 is 4.99. The van der Waals surface area contributed by atoms with Gasteiger partial charge in [-0.15, -0.1) is 11.8 Å². The monoisotopic (exact) mass is 350 g/mol. The number of aromatic nitrogens is 1. The summed E-state index contributed by atoms with van der Waals surface area (Å²) < 4.78 is 0. The van der Waals surface area contributed by atoms with Gasteiger partial charge in [0.15, 0.2) is 0 Å². The van der Waals surface area contributed by atoms with Crippen LogP contribution in [0.1, 0.15) is 12.5 Å². The van der Waals surface area contributed by atoms with Crippen molar-refractivity contribution in [3.05, 3.63) is 54.4 Å². The number of hydrogen-bond acceptors (Lipinski definition) is 3. The van der Waals surface area contributed by atoms with E-state index in [1.165, 1.54) is 10.5 Å². The molecule has 1 atom stereocenters. The molecule has 0 aliphatic carbocycles. The van der Waals surface area contributed by atoms with E-state index in [9.17, 15) is 4.79 Å². The van der Waals surface area contributed by atoms with Crippen LogP contribution in [-0.2, 0) is 10.5 Å². The number of halogens is 1. The Bertz CT molecular complexity index is 558. The van der Waals surface area contributed by atoms with E-state index in [4.69, 9.17) is 0 Å². The van der Waals surface area contributed by atoms with Gasteiger partial charge in [-0.3, -0.25) is 9.78 Å². The van der Waals surface area contributed by atoms with Crippen molar-refractivity contribution in [3.8, 4) is 0 Å². The van der Waals surface area contributed by atoms with Crippen molar-refractivity contribution in [3.63, 3.8) is 0 Å². The van der Waals surface area contributed by atoms with Gasteiger partial charge in [-0.2, -0.15) is 0 Å². The molecule has 1 N–H and O–H groups in total. The predicted molar refractivity (Wildman–Crippen MR) is 87.3 cm³/mol. The fraction of sp³-hybridized carbons (Fsp3) is 0.200. The van der Waals surface area contributed by atoms with Gasteiger partial charge in [0.05, 0.1) is 4.83 Å². The molecule has 2 rings (SSSR count). The van der Waals surface area contributed by atoms with Crippen molar-refractivity contribution in [2.24, 2.45) is 0 Å². The Morgan fingerprint density at radius 1 is 1.35 bits per heavy atom. The number of alkyl halides is 1. The number of nitrogens with zero attached hydrogens (tertiary/aromatic N) is 1. The summed E-state index contributed by atoms with van der Waals surface area (Å²) in [6.07, 6.45) is 3.65. The Balaban J connectivity index is 1.90. The number of carbonyl (C=O) groups is 1. The maximum absolute atomic E-state index is 11.5. The minimum absolute atomic E-state index is 0.0410. The Kier molecular flexibility index (Phi) is 5.61. The zero-order chi connectivity index (χ0) is 14.4. The van der Waals surface area contributed by atoms with Crippen molar-refractivity contribution in [2.45, 2.75) is 22.4 Å². The number of benzene rings is 1. The average molecular weight is 351 g/mol. The fourth-order valence-electron chi connectivity index (χ4n) is 1.53. The minimum Gasteiger partial charge on any atom is -0.325 e. The van der Waals surface area contributed by atoms with Crippen molar-refractivity contribution >= 4 is 39.3 Å². The molecule has 1 aromatic carbocycles. The van der Waals surface area contributed by atoms with E-state index in [2.05, 4.69) is 32.3 Å². The van der Waals surface area contributed by atoms with Crippen LogP contribution in [0.4, 0.5) is 5.69 Å². The number of pyridine rings is 1. The first-order valence-electron chi connectivity index (χ1n) is 6.22. The first-order valence-corrected chi connectivity index (χ1v) is 8.12. The van der Waals surface area contributed by atoms with Crippen molar-refractivity contribution in [1.82, 2.24) is 4.98 Å². The SMILES string of the molecule is CC(Br)C(=O)Nc1ccc(SCc2cccnc2)cc1. The van der Waals surface area contributed by atoms with Crippen molar-refractivity contribution in [2.75, 3.05) is 5.32 Å². The van der Waals surface area contributed by atoms with Gasteiger partial charge in [0.25, 0.3) is 0 Å². The molecular formula is C15H15BrN2OS. The molecule has 20 heavy (non-hydrogen) atoms. The zero-order valence-corrected chi connectivity index (χ0v) is 13.4. The topological polar surface area (TPSA) is 42.0 Å². The molecular weight excluding hydrogens is 336 g/mol. The Morgan fingerprint density at radius 2 is 2.10 bits per heavy atom. The lowest BCUT2D eigenvalue weighted by Gasteiger charge is -2.07. The fourth-order valence-corrected chi connectivity index (χ4v) is 2.47. The van der Waals surface area contributed by atoms with E-state index in [0.717, 1.165) is 11.4 Å². The summed E-state index contributed by atoms with van der Waals surface area (Å²) in [7, 11) is 0. The van der Waals surface area contributed by atoms with E-state index < -0.39 is 0 Å². The third-order valence-electron chi connectivity index (χ3n) is 2.61. The number of carbonyl (C=O) groups excluding carboxylic acids is 1. The van der Waals surface area contributed by atoms with Crippen LogP contribution in [-0.4, -0.2) is 15.7 Å². The molecule has 0 aliphatic rings. The summed E-state index contributed by atoms with van der Waals surface area (Å²) in [5, 5.41) is 2.84. The van der Waals surface area contributed by atoms with Crippen LogP contribution >= 0.6 is 27.7 Å². The lowest BCUT2D eigenvalue weighted by atomic mass is 10.3. The molecule has 0 fully saturated rings. The molecule has 0 spiro atoms.